The van der Waals surface area contributed by atoms with E-state index in [1.165, 1.54) is 0 Å². The zero-order valence-corrected chi connectivity index (χ0v) is 27.9. The summed E-state index contributed by atoms with van der Waals surface area (Å²) in [6, 6.07) is 17.3. The lowest BCUT2D eigenvalue weighted by Crippen LogP contribution is -2.36. The molecule has 0 bridgehead atoms. The van der Waals surface area contributed by atoms with Crippen molar-refractivity contribution in [1.29, 1.82) is 0 Å². The topological polar surface area (TPSA) is 142 Å². The van der Waals surface area contributed by atoms with Crippen LogP contribution in [0.2, 0.25) is 0 Å². The Morgan fingerprint density at radius 1 is 0.714 bits per heavy atom. The van der Waals surface area contributed by atoms with E-state index in [2.05, 4.69) is 29.9 Å². The molecule has 2 aliphatic rings. The second kappa shape index (κ2) is 13.5. The Labute approximate surface area is 284 Å². The first kappa shape index (κ1) is 32.0. The molecule has 5 heterocycles. The summed E-state index contributed by atoms with van der Waals surface area (Å²) in [6.07, 6.45) is 9.88. The lowest BCUT2D eigenvalue weighted by atomic mass is 10.1. The standard InChI is InChI=1S/C37H40N8O4/c1-37(2,3)49-36(47)45-18-8-12-31(45)34-41-22-29(43-34)27-19-38-32(39-20-27)26-15-13-25(14-16-26)28-21-40-33(42-28)30-11-7-17-44(30)35(46)48-23-24-9-5-4-6-10-24/h4-6,9-10,13-16,19-22,30-31H,7-8,11-12,17-18,23H2,1-3H3,(H,40,42)(H,41,43). The number of imidazole rings is 2. The van der Waals surface area contributed by atoms with Gasteiger partial charge in [-0.05, 0) is 57.6 Å². The van der Waals surface area contributed by atoms with Crippen molar-refractivity contribution in [2.75, 3.05) is 13.1 Å². The minimum atomic E-state index is -0.556. The molecule has 2 saturated heterocycles. The molecular formula is C37H40N8O4. The molecule has 2 aliphatic heterocycles. The molecule has 0 aliphatic carbocycles. The highest BCUT2D eigenvalue weighted by molar-refractivity contribution is 5.70. The number of ether oxygens (including phenoxy) is 2. The fraction of sp³-hybridized carbons (Fsp3) is 0.351. The molecule has 0 radical (unpaired) electrons. The highest BCUT2D eigenvalue weighted by atomic mass is 16.6. The predicted octanol–water partition coefficient (Wildman–Crippen LogP) is 7.47. The third-order valence-electron chi connectivity index (χ3n) is 8.81. The zero-order chi connectivity index (χ0) is 34.0. The average Bonchev–Trinajstić information content (AvgIpc) is 3.93. The molecule has 12 heteroatoms. The SMILES string of the molecule is CC(C)(C)OC(=O)N1CCCC1c1ncc(-c2cnc(-c3ccc(-c4cnc(C5CCCN5C(=O)OCc5ccccc5)[nH]4)cc3)nc2)[nH]1. The molecule has 3 aromatic heterocycles. The molecule has 5 aromatic rings. The van der Waals surface area contributed by atoms with Gasteiger partial charge in [-0.3, -0.25) is 9.80 Å². The smallest absolute Gasteiger partial charge is 0.410 e. The number of hydrogen-bond acceptors (Lipinski definition) is 8. The van der Waals surface area contributed by atoms with Gasteiger partial charge in [0.15, 0.2) is 5.82 Å². The summed E-state index contributed by atoms with van der Waals surface area (Å²) < 4.78 is 11.2. The van der Waals surface area contributed by atoms with Gasteiger partial charge in [-0.1, -0.05) is 54.6 Å². The third kappa shape index (κ3) is 7.18. The van der Waals surface area contributed by atoms with Crippen LogP contribution in [0.25, 0.3) is 33.9 Å². The maximum Gasteiger partial charge on any atom is 0.410 e. The molecule has 252 valence electrons. The lowest BCUT2D eigenvalue weighted by Gasteiger charge is -2.27. The van der Waals surface area contributed by atoms with Gasteiger partial charge >= 0.3 is 12.2 Å². The predicted molar refractivity (Wildman–Crippen MR) is 183 cm³/mol. The fourth-order valence-electron chi connectivity index (χ4n) is 6.38. The maximum absolute atomic E-state index is 12.9. The Balaban J connectivity index is 0.982. The van der Waals surface area contributed by atoms with Crippen LogP contribution in [0.4, 0.5) is 9.59 Å². The number of nitrogens with one attached hydrogen (secondary N) is 2. The average molecular weight is 661 g/mol. The molecule has 49 heavy (non-hydrogen) atoms. The van der Waals surface area contributed by atoms with E-state index in [0.717, 1.165) is 71.0 Å². The van der Waals surface area contributed by atoms with E-state index >= 15 is 0 Å². The molecule has 2 atom stereocenters. The minimum absolute atomic E-state index is 0.156. The van der Waals surface area contributed by atoms with E-state index in [0.29, 0.717) is 18.9 Å². The number of carbonyl (C=O) groups excluding carboxylic acids is 2. The van der Waals surface area contributed by atoms with Gasteiger partial charge in [0, 0.05) is 36.6 Å². The summed E-state index contributed by atoms with van der Waals surface area (Å²) in [6.45, 7) is 7.12. The number of aromatic nitrogens is 6. The Kier molecular flexibility index (Phi) is 8.85. The second-order valence-corrected chi connectivity index (χ2v) is 13.5. The quantitative estimate of drug-likeness (QED) is 0.183. The van der Waals surface area contributed by atoms with Gasteiger partial charge in [0.1, 0.15) is 23.9 Å². The monoisotopic (exact) mass is 660 g/mol. The van der Waals surface area contributed by atoms with E-state index in [4.69, 9.17) is 9.47 Å². The number of benzene rings is 2. The van der Waals surface area contributed by atoms with Crippen molar-refractivity contribution in [3.8, 4) is 33.9 Å². The number of aromatic amines is 2. The minimum Gasteiger partial charge on any atom is -0.445 e. The number of likely N-dealkylation sites (tertiary alicyclic amines) is 2. The summed E-state index contributed by atoms with van der Waals surface area (Å²) in [5, 5.41) is 0. The number of carbonyl (C=O) groups is 2. The summed E-state index contributed by atoms with van der Waals surface area (Å²) in [7, 11) is 0. The van der Waals surface area contributed by atoms with Crippen LogP contribution in [0.1, 0.15) is 75.8 Å². The first-order valence-electron chi connectivity index (χ1n) is 16.7. The van der Waals surface area contributed by atoms with Gasteiger partial charge in [0.2, 0.25) is 0 Å². The number of hydrogen-bond donors (Lipinski definition) is 2. The number of nitrogens with zero attached hydrogens (tertiary/aromatic N) is 6. The highest BCUT2D eigenvalue weighted by Gasteiger charge is 2.35. The third-order valence-corrected chi connectivity index (χ3v) is 8.81. The molecule has 2 amide bonds. The Morgan fingerprint density at radius 2 is 1.27 bits per heavy atom. The van der Waals surface area contributed by atoms with Crippen LogP contribution in [-0.4, -0.2) is 70.6 Å². The summed E-state index contributed by atoms with van der Waals surface area (Å²) >= 11 is 0. The van der Waals surface area contributed by atoms with Crippen molar-refractivity contribution < 1.29 is 19.1 Å². The van der Waals surface area contributed by atoms with Crippen molar-refractivity contribution in [2.24, 2.45) is 0 Å². The molecule has 0 saturated carbocycles. The van der Waals surface area contributed by atoms with Gasteiger partial charge in [-0.25, -0.2) is 29.5 Å². The second-order valence-electron chi connectivity index (χ2n) is 13.5. The van der Waals surface area contributed by atoms with Gasteiger partial charge in [-0.15, -0.1) is 0 Å². The van der Waals surface area contributed by atoms with E-state index in [-0.39, 0.29) is 30.9 Å². The first-order chi connectivity index (χ1) is 23.7. The van der Waals surface area contributed by atoms with Gasteiger partial charge in [0.25, 0.3) is 0 Å². The van der Waals surface area contributed by atoms with Crippen molar-refractivity contribution in [1.82, 2.24) is 39.7 Å². The Hall–Kier alpha value is -5.52. The largest absolute Gasteiger partial charge is 0.445 e. The van der Waals surface area contributed by atoms with Crippen molar-refractivity contribution in [3.05, 3.63) is 96.6 Å². The van der Waals surface area contributed by atoms with E-state index in [1.54, 1.807) is 34.6 Å². The molecule has 2 N–H and O–H groups in total. The fourth-order valence-corrected chi connectivity index (χ4v) is 6.38. The van der Waals surface area contributed by atoms with Crippen LogP contribution >= 0.6 is 0 Å². The van der Waals surface area contributed by atoms with Crippen LogP contribution in [0.5, 0.6) is 0 Å². The molecule has 0 spiro atoms. The van der Waals surface area contributed by atoms with Crippen molar-refractivity contribution >= 4 is 12.2 Å². The molecule has 2 unspecified atom stereocenters. The van der Waals surface area contributed by atoms with E-state index < -0.39 is 5.60 Å². The first-order valence-corrected chi connectivity index (χ1v) is 16.7. The Bertz CT molecular complexity index is 1900. The van der Waals surface area contributed by atoms with Crippen molar-refractivity contribution in [2.45, 2.75) is 70.7 Å². The van der Waals surface area contributed by atoms with Gasteiger partial charge in [-0.2, -0.15) is 0 Å². The summed E-state index contributed by atoms with van der Waals surface area (Å²) in [4.78, 5) is 54.4. The molecule has 2 aromatic carbocycles. The van der Waals surface area contributed by atoms with Crippen LogP contribution in [0.15, 0.2) is 79.4 Å². The maximum atomic E-state index is 12.9. The summed E-state index contributed by atoms with van der Waals surface area (Å²) in [5.41, 5.74) is 4.70. The van der Waals surface area contributed by atoms with Crippen LogP contribution in [-0.2, 0) is 16.1 Å². The number of H-pyrrole nitrogens is 2. The zero-order valence-electron chi connectivity index (χ0n) is 27.9. The Morgan fingerprint density at radius 3 is 1.86 bits per heavy atom. The van der Waals surface area contributed by atoms with Crippen molar-refractivity contribution in [3.63, 3.8) is 0 Å². The molecule has 7 rings (SSSR count). The molecular weight excluding hydrogens is 620 g/mol. The molecule has 2 fully saturated rings. The van der Waals surface area contributed by atoms with Crippen LogP contribution in [0.3, 0.4) is 0 Å². The number of rotatable bonds is 7. The van der Waals surface area contributed by atoms with Gasteiger partial charge < -0.3 is 19.4 Å². The summed E-state index contributed by atoms with van der Waals surface area (Å²) in [5.74, 6) is 2.08. The highest BCUT2D eigenvalue weighted by Crippen LogP contribution is 2.34. The number of amides is 2. The lowest BCUT2D eigenvalue weighted by molar-refractivity contribution is 0.0218. The van der Waals surface area contributed by atoms with Crippen LogP contribution in [0, 0.1) is 0 Å². The van der Waals surface area contributed by atoms with Gasteiger partial charge in [0.05, 0.1) is 35.9 Å². The van der Waals surface area contributed by atoms with Crippen LogP contribution < -0.4 is 0 Å². The molecule has 12 nitrogen and oxygen atoms in total. The normalized spacial score (nSPS) is 17.8. The van der Waals surface area contributed by atoms with E-state index in [1.807, 2.05) is 75.4 Å². The van der Waals surface area contributed by atoms with E-state index in [9.17, 15) is 9.59 Å².